The molecule has 0 bridgehead atoms. The fourth-order valence-corrected chi connectivity index (χ4v) is 4.30. The van der Waals surface area contributed by atoms with Gasteiger partial charge < -0.3 is 5.73 Å². The molecular weight excluding hydrogens is 336 g/mol. The number of nitrogens with two attached hydrogens (primary N) is 1. The minimum absolute atomic E-state index is 0.0909. The van der Waals surface area contributed by atoms with Gasteiger partial charge in [-0.05, 0) is 24.5 Å². The number of amides is 1. The summed E-state index contributed by atoms with van der Waals surface area (Å²) in [4.78, 5) is 31.6. The highest BCUT2D eigenvalue weighted by Crippen LogP contribution is 2.24. The first kappa shape index (κ1) is 16.0. The lowest BCUT2D eigenvalue weighted by Gasteiger charge is -2.34. The van der Waals surface area contributed by atoms with Crippen molar-refractivity contribution in [2.24, 2.45) is 5.73 Å². The zero-order valence-electron chi connectivity index (χ0n) is 13.8. The van der Waals surface area contributed by atoms with Gasteiger partial charge >= 0.3 is 0 Å². The summed E-state index contributed by atoms with van der Waals surface area (Å²) in [6, 6.07) is 9.22. The van der Waals surface area contributed by atoms with Crippen LogP contribution in [0.15, 0.2) is 40.5 Å². The van der Waals surface area contributed by atoms with Crippen molar-refractivity contribution in [2.45, 2.75) is 32.5 Å². The Balaban J connectivity index is 1.69. The number of benzene rings is 1. The number of aryl methyl sites for hydroxylation is 1. The maximum absolute atomic E-state index is 12.4. The van der Waals surface area contributed by atoms with E-state index in [0.717, 1.165) is 11.3 Å². The smallest absolute Gasteiger partial charge is 0.259 e. The van der Waals surface area contributed by atoms with Gasteiger partial charge in [0.15, 0.2) is 4.96 Å². The molecule has 3 aromatic rings. The summed E-state index contributed by atoms with van der Waals surface area (Å²) in [5, 5.41) is 1.91. The Hall–Kier alpha value is -2.51. The predicted molar refractivity (Wildman–Crippen MR) is 96.5 cm³/mol. The number of hydrogen-bond acceptors (Lipinski definition) is 5. The number of hydrogen-bond donors (Lipinski definition) is 1. The second-order valence-corrected chi connectivity index (χ2v) is 7.21. The van der Waals surface area contributed by atoms with E-state index in [-0.39, 0.29) is 17.5 Å². The van der Waals surface area contributed by atoms with Gasteiger partial charge in [-0.15, -0.1) is 11.3 Å². The molecule has 1 aromatic carbocycles. The van der Waals surface area contributed by atoms with E-state index in [1.165, 1.54) is 16.9 Å². The molecule has 0 unspecified atom stereocenters. The minimum Gasteiger partial charge on any atom is -0.368 e. The Labute approximate surface area is 148 Å². The highest BCUT2D eigenvalue weighted by atomic mass is 32.1. The van der Waals surface area contributed by atoms with Crippen LogP contribution in [-0.4, -0.2) is 26.2 Å². The molecule has 0 fully saturated rings. The molecule has 6 nitrogen and oxygen atoms in total. The van der Waals surface area contributed by atoms with Gasteiger partial charge in [-0.2, -0.15) is 0 Å². The number of carbonyl (C=O) groups excluding carboxylic acids is 1. The standard InChI is InChI=1S/C18H18N4O2S/c1-11-10-25-18-20-14(7-16(23)22(11)18)9-21-8-13-5-3-2-4-12(13)6-15(21)17(19)24/h2-5,7,10,15H,6,8-9H2,1H3,(H2,19,24)/t15-/m0/s1. The van der Waals surface area contributed by atoms with E-state index in [4.69, 9.17) is 5.73 Å². The molecule has 0 radical (unpaired) electrons. The van der Waals surface area contributed by atoms with Gasteiger partial charge in [0.1, 0.15) is 0 Å². The van der Waals surface area contributed by atoms with Gasteiger partial charge in [0.25, 0.3) is 5.56 Å². The van der Waals surface area contributed by atoms with Crippen molar-refractivity contribution in [1.82, 2.24) is 14.3 Å². The Morgan fingerprint density at radius 1 is 1.36 bits per heavy atom. The molecule has 0 saturated heterocycles. The number of nitrogens with zero attached hydrogens (tertiary/aromatic N) is 3. The lowest BCUT2D eigenvalue weighted by atomic mass is 9.93. The predicted octanol–water partition coefficient (Wildman–Crippen LogP) is 1.48. The number of aromatic nitrogens is 2. The summed E-state index contributed by atoms with van der Waals surface area (Å²) in [5.74, 6) is -0.348. The van der Waals surface area contributed by atoms with E-state index in [1.54, 1.807) is 10.5 Å². The van der Waals surface area contributed by atoms with Crippen LogP contribution >= 0.6 is 11.3 Å². The molecule has 1 amide bonds. The molecule has 1 aliphatic heterocycles. The normalized spacial score (nSPS) is 17.6. The van der Waals surface area contributed by atoms with Crippen molar-refractivity contribution in [3.05, 3.63) is 68.6 Å². The van der Waals surface area contributed by atoms with Crippen LogP contribution in [0.2, 0.25) is 0 Å². The maximum Gasteiger partial charge on any atom is 0.259 e. The molecule has 3 heterocycles. The van der Waals surface area contributed by atoms with Crippen LogP contribution < -0.4 is 11.3 Å². The number of rotatable bonds is 3. The molecule has 2 N–H and O–H groups in total. The van der Waals surface area contributed by atoms with Crippen LogP contribution in [-0.2, 0) is 24.3 Å². The number of carbonyl (C=O) groups is 1. The summed E-state index contributed by atoms with van der Waals surface area (Å²) < 4.78 is 1.60. The summed E-state index contributed by atoms with van der Waals surface area (Å²) in [6.45, 7) is 2.93. The molecule has 1 atom stereocenters. The second kappa shape index (κ2) is 6.09. The number of fused-ring (bicyclic) bond motifs is 2. The first-order valence-electron chi connectivity index (χ1n) is 8.10. The largest absolute Gasteiger partial charge is 0.368 e. The van der Waals surface area contributed by atoms with Gasteiger partial charge in [-0.3, -0.25) is 18.9 Å². The zero-order valence-corrected chi connectivity index (χ0v) is 14.6. The van der Waals surface area contributed by atoms with E-state index >= 15 is 0 Å². The average Bonchev–Trinajstić information content (AvgIpc) is 2.95. The molecule has 0 spiro atoms. The molecular formula is C18H18N4O2S. The fraction of sp³-hybridized carbons (Fsp3) is 0.278. The Kier molecular flexibility index (Phi) is 3.89. The van der Waals surface area contributed by atoms with E-state index in [1.807, 2.05) is 35.4 Å². The van der Waals surface area contributed by atoms with Crippen molar-refractivity contribution in [3.63, 3.8) is 0 Å². The van der Waals surface area contributed by atoms with E-state index in [0.29, 0.717) is 30.2 Å². The maximum atomic E-state index is 12.4. The summed E-state index contributed by atoms with van der Waals surface area (Å²) in [7, 11) is 0. The summed E-state index contributed by atoms with van der Waals surface area (Å²) in [6.07, 6.45) is 0.588. The minimum atomic E-state index is -0.389. The Morgan fingerprint density at radius 2 is 2.12 bits per heavy atom. The van der Waals surface area contributed by atoms with Crippen molar-refractivity contribution < 1.29 is 4.79 Å². The highest BCUT2D eigenvalue weighted by molar-refractivity contribution is 7.15. The first-order valence-corrected chi connectivity index (χ1v) is 8.98. The quantitative estimate of drug-likeness (QED) is 0.772. The van der Waals surface area contributed by atoms with Crippen LogP contribution in [0.1, 0.15) is 22.5 Å². The lowest BCUT2D eigenvalue weighted by Crippen LogP contribution is -2.48. The third kappa shape index (κ3) is 2.85. The summed E-state index contributed by atoms with van der Waals surface area (Å²) >= 11 is 1.44. The van der Waals surface area contributed by atoms with Crippen LogP contribution in [0.4, 0.5) is 0 Å². The van der Waals surface area contributed by atoms with Gasteiger partial charge in [-0.1, -0.05) is 24.3 Å². The Morgan fingerprint density at radius 3 is 2.88 bits per heavy atom. The van der Waals surface area contributed by atoms with Crippen LogP contribution in [0.25, 0.3) is 4.96 Å². The lowest BCUT2D eigenvalue weighted by molar-refractivity contribution is -0.124. The average molecular weight is 354 g/mol. The molecule has 25 heavy (non-hydrogen) atoms. The van der Waals surface area contributed by atoms with Gasteiger partial charge in [0, 0.05) is 30.2 Å². The van der Waals surface area contributed by atoms with E-state index in [2.05, 4.69) is 11.1 Å². The van der Waals surface area contributed by atoms with Crippen LogP contribution in [0.3, 0.4) is 0 Å². The zero-order chi connectivity index (χ0) is 17.6. The van der Waals surface area contributed by atoms with Gasteiger partial charge in [0.05, 0.1) is 11.7 Å². The molecule has 0 aliphatic carbocycles. The first-order chi connectivity index (χ1) is 12.0. The van der Waals surface area contributed by atoms with Crippen molar-refractivity contribution in [1.29, 1.82) is 0 Å². The SMILES string of the molecule is Cc1csc2nc(CN3Cc4ccccc4C[C@H]3C(N)=O)cc(=O)n12. The van der Waals surface area contributed by atoms with E-state index in [9.17, 15) is 9.59 Å². The Bertz CT molecular complexity index is 1020. The molecule has 7 heteroatoms. The number of thiazole rings is 1. The third-order valence-electron chi connectivity index (χ3n) is 4.67. The highest BCUT2D eigenvalue weighted by Gasteiger charge is 2.30. The number of primary amides is 1. The molecule has 128 valence electrons. The molecule has 4 rings (SSSR count). The van der Waals surface area contributed by atoms with Crippen molar-refractivity contribution in [2.75, 3.05) is 0 Å². The van der Waals surface area contributed by atoms with E-state index < -0.39 is 0 Å². The fourth-order valence-electron chi connectivity index (χ4n) is 3.41. The van der Waals surface area contributed by atoms with Gasteiger partial charge in [-0.25, -0.2) is 4.98 Å². The second-order valence-electron chi connectivity index (χ2n) is 6.38. The monoisotopic (exact) mass is 354 g/mol. The van der Waals surface area contributed by atoms with Crippen LogP contribution in [0.5, 0.6) is 0 Å². The molecule has 1 aliphatic rings. The third-order valence-corrected chi connectivity index (χ3v) is 5.61. The van der Waals surface area contributed by atoms with Crippen LogP contribution in [0, 0.1) is 6.92 Å². The molecule has 2 aromatic heterocycles. The topological polar surface area (TPSA) is 80.7 Å². The summed E-state index contributed by atoms with van der Waals surface area (Å²) in [5.41, 5.74) is 9.42. The van der Waals surface area contributed by atoms with Crippen molar-refractivity contribution in [3.8, 4) is 0 Å². The van der Waals surface area contributed by atoms with Gasteiger partial charge in [0.2, 0.25) is 5.91 Å². The molecule has 0 saturated carbocycles. The van der Waals surface area contributed by atoms with Crippen molar-refractivity contribution >= 4 is 22.2 Å².